The number of ether oxygens (including phenoxy) is 1. The van der Waals surface area contributed by atoms with Crippen LogP contribution in [0.5, 0.6) is 0 Å². The minimum Gasteiger partial charge on any atom is -0.368 e. The van der Waals surface area contributed by atoms with Crippen LogP contribution < -0.4 is 10.6 Å². The number of piperazine rings is 1. The number of benzene rings is 1. The van der Waals surface area contributed by atoms with Gasteiger partial charge in [-0.1, -0.05) is 12.1 Å². The van der Waals surface area contributed by atoms with Crippen LogP contribution in [0, 0.1) is 0 Å². The molecule has 29 heavy (non-hydrogen) atoms. The van der Waals surface area contributed by atoms with E-state index >= 15 is 0 Å². The molecule has 2 fully saturated rings. The van der Waals surface area contributed by atoms with Crippen LogP contribution in [0.3, 0.4) is 0 Å². The number of hydrogen-bond donors (Lipinski definition) is 2. The quantitative estimate of drug-likeness (QED) is 0.356. The number of nitrogens with zero attached hydrogens (tertiary/aromatic N) is 3. The fourth-order valence-corrected chi connectivity index (χ4v) is 3.55. The summed E-state index contributed by atoms with van der Waals surface area (Å²) in [6, 6.07) is 7.49. The molecule has 1 unspecified atom stereocenters. The maximum absolute atomic E-state index is 12.5. The Balaban J connectivity index is 0.00000300. The molecule has 2 amide bonds. The molecule has 0 bridgehead atoms. The van der Waals surface area contributed by atoms with Crippen LogP contribution in [-0.2, 0) is 16.1 Å². The highest BCUT2D eigenvalue weighted by Gasteiger charge is 2.30. The molecule has 0 aromatic heterocycles. The maximum atomic E-state index is 12.5. The third kappa shape index (κ3) is 6.05. The van der Waals surface area contributed by atoms with Crippen molar-refractivity contribution in [3.05, 3.63) is 35.4 Å². The minimum absolute atomic E-state index is 0. The van der Waals surface area contributed by atoms with Crippen molar-refractivity contribution in [3.63, 3.8) is 0 Å². The molecule has 8 nitrogen and oxygen atoms in total. The van der Waals surface area contributed by atoms with Crippen molar-refractivity contribution in [1.82, 2.24) is 20.4 Å². The predicted octanol–water partition coefficient (Wildman–Crippen LogP) is 1.06. The summed E-state index contributed by atoms with van der Waals surface area (Å²) in [7, 11) is 3.39. The zero-order valence-electron chi connectivity index (χ0n) is 17.0. The Hall–Kier alpha value is -1.88. The molecule has 2 aliphatic heterocycles. The molecule has 2 saturated heterocycles. The molecule has 2 aliphatic rings. The van der Waals surface area contributed by atoms with Crippen molar-refractivity contribution in [2.75, 3.05) is 46.9 Å². The average molecular weight is 515 g/mol. The number of amides is 2. The van der Waals surface area contributed by atoms with Gasteiger partial charge in [0.25, 0.3) is 11.8 Å². The van der Waals surface area contributed by atoms with E-state index < -0.39 is 0 Å². The maximum Gasteiger partial charge on any atom is 0.251 e. The number of carbonyl (C=O) groups is 2. The lowest BCUT2D eigenvalue weighted by Gasteiger charge is -2.37. The number of aliphatic imine (C=N–C) groups is 1. The van der Waals surface area contributed by atoms with Crippen molar-refractivity contribution in [2.45, 2.75) is 25.5 Å². The molecule has 2 heterocycles. The molecule has 0 aliphatic carbocycles. The van der Waals surface area contributed by atoms with Crippen molar-refractivity contribution < 1.29 is 14.3 Å². The first-order valence-electron chi connectivity index (χ1n) is 9.79. The summed E-state index contributed by atoms with van der Waals surface area (Å²) >= 11 is 0. The topological polar surface area (TPSA) is 86.3 Å². The lowest BCUT2D eigenvalue weighted by Crippen LogP contribution is -2.55. The average Bonchev–Trinajstić information content (AvgIpc) is 3.29. The smallest absolute Gasteiger partial charge is 0.251 e. The largest absolute Gasteiger partial charge is 0.368 e. The van der Waals surface area contributed by atoms with Gasteiger partial charge in [-0.25, -0.2) is 0 Å². The number of halogens is 1. The van der Waals surface area contributed by atoms with E-state index in [1.54, 1.807) is 14.1 Å². The summed E-state index contributed by atoms with van der Waals surface area (Å²) in [4.78, 5) is 32.5. The van der Waals surface area contributed by atoms with Gasteiger partial charge < -0.3 is 25.2 Å². The molecule has 2 N–H and O–H groups in total. The van der Waals surface area contributed by atoms with Crippen LogP contribution in [0.2, 0.25) is 0 Å². The summed E-state index contributed by atoms with van der Waals surface area (Å²) in [6.45, 7) is 4.16. The van der Waals surface area contributed by atoms with Gasteiger partial charge in [0.05, 0.1) is 0 Å². The van der Waals surface area contributed by atoms with Crippen LogP contribution >= 0.6 is 24.0 Å². The molecule has 1 atom stereocenters. The molecule has 0 saturated carbocycles. The van der Waals surface area contributed by atoms with E-state index in [4.69, 9.17) is 4.74 Å². The molecule has 1 aromatic rings. The Morgan fingerprint density at radius 2 is 1.79 bits per heavy atom. The summed E-state index contributed by atoms with van der Waals surface area (Å²) in [6.07, 6.45) is 1.56. The van der Waals surface area contributed by atoms with Gasteiger partial charge in [0.1, 0.15) is 6.10 Å². The van der Waals surface area contributed by atoms with Crippen LogP contribution in [0.4, 0.5) is 0 Å². The highest BCUT2D eigenvalue weighted by Crippen LogP contribution is 2.16. The molecular weight excluding hydrogens is 485 g/mol. The third-order valence-electron chi connectivity index (χ3n) is 5.20. The Morgan fingerprint density at radius 3 is 2.34 bits per heavy atom. The molecule has 0 spiro atoms. The Labute approximate surface area is 189 Å². The summed E-state index contributed by atoms with van der Waals surface area (Å²) in [5.74, 6) is 0.849. The fraction of sp³-hybridized carbons (Fsp3) is 0.550. The first-order chi connectivity index (χ1) is 13.6. The minimum atomic E-state index is -0.248. The van der Waals surface area contributed by atoms with E-state index in [1.807, 2.05) is 29.2 Å². The van der Waals surface area contributed by atoms with Gasteiger partial charge in [-0.05, 0) is 30.5 Å². The van der Waals surface area contributed by atoms with Crippen LogP contribution in [0.1, 0.15) is 28.8 Å². The van der Waals surface area contributed by atoms with Crippen LogP contribution in [0.15, 0.2) is 29.3 Å². The van der Waals surface area contributed by atoms with E-state index in [-0.39, 0.29) is 41.9 Å². The third-order valence-corrected chi connectivity index (χ3v) is 5.20. The number of carbonyl (C=O) groups excluding carboxylic acids is 2. The van der Waals surface area contributed by atoms with Crippen LogP contribution in [-0.4, -0.2) is 80.6 Å². The van der Waals surface area contributed by atoms with E-state index in [1.165, 1.54) is 0 Å². The van der Waals surface area contributed by atoms with Gasteiger partial charge in [0, 0.05) is 59.0 Å². The lowest BCUT2D eigenvalue weighted by molar-refractivity contribution is -0.142. The second-order valence-electron chi connectivity index (χ2n) is 6.99. The van der Waals surface area contributed by atoms with Gasteiger partial charge in [-0.2, -0.15) is 0 Å². The SMILES string of the molecule is CN=C(NCc1ccc(C(=O)NC)cc1)N1CCN(C(=O)C2CCCO2)CC1.I. The summed E-state index contributed by atoms with van der Waals surface area (Å²) in [5.41, 5.74) is 1.71. The van der Waals surface area contributed by atoms with Gasteiger partial charge in [0.15, 0.2) is 5.96 Å². The standard InChI is InChI=1S/C20H29N5O3.HI/c1-21-18(26)16-7-5-15(6-8-16)14-23-20(22-2)25-11-9-24(10-12-25)19(27)17-4-3-13-28-17;/h5-8,17H,3-4,9-14H2,1-2H3,(H,21,26)(H,22,23);1H. The van der Waals surface area contributed by atoms with Crippen molar-refractivity contribution >= 4 is 41.8 Å². The molecular formula is C20H30IN5O3. The van der Waals surface area contributed by atoms with Gasteiger partial charge in [0.2, 0.25) is 0 Å². The zero-order valence-corrected chi connectivity index (χ0v) is 19.3. The first-order valence-corrected chi connectivity index (χ1v) is 9.79. The van der Waals surface area contributed by atoms with E-state index in [0.29, 0.717) is 31.8 Å². The van der Waals surface area contributed by atoms with Gasteiger partial charge >= 0.3 is 0 Å². The summed E-state index contributed by atoms with van der Waals surface area (Å²) in [5, 5.41) is 5.98. The van der Waals surface area contributed by atoms with E-state index in [9.17, 15) is 9.59 Å². The number of guanidine groups is 1. The Morgan fingerprint density at radius 1 is 1.14 bits per heavy atom. The lowest BCUT2D eigenvalue weighted by atomic mass is 10.1. The highest BCUT2D eigenvalue weighted by molar-refractivity contribution is 14.0. The molecule has 1 aromatic carbocycles. The molecule has 9 heteroatoms. The Bertz CT molecular complexity index is 711. The van der Waals surface area contributed by atoms with Crippen LogP contribution in [0.25, 0.3) is 0 Å². The number of rotatable bonds is 4. The first kappa shape index (κ1) is 23.4. The van der Waals surface area contributed by atoms with Crippen molar-refractivity contribution in [2.24, 2.45) is 4.99 Å². The highest BCUT2D eigenvalue weighted by atomic mass is 127. The molecule has 160 valence electrons. The molecule has 3 rings (SSSR count). The van der Waals surface area contributed by atoms with Crippen molar-refractivity contribution in [3.8, 4) is 0 Å². The second kappa shape index (κ2) is 11.3. The summed E-state index contributed by atoms with van der Waals surface area (Å²) < 4.78 is 5.52. The second-order valence-corrected chi connectivity index (χ2v) is 6.99. The monoisotopic (exact) mass is 515 g/mol. The predicted molar refractivity (Wildman–Crippen MR) is 123 cm³/mol. The van der Waals surface area contributed by atoms with E-state index in [2.05, 4.69) is 20.5 Å². The number of nitrogens with one attached hydrogen (secondary N) is 2. The van der Waals surface area contributed by atoms with Gasteiger partial charge in [-0.3, -0.25) is 14.6 Å². The molecule has 0 radical (unpaired) electrons. The fourth-order valence-electron chi connectivity index (χ4n) is 3.55. The Kier molecular flexibility index (Phi) is 9.15. The van der Waals surface area contributed by atoms with Crippen molar-refractivity contribution in [1.29, 1.82) is 0 Å². The number of hydrogen-bond acceptors (Lipinski definition) is 4. The zero-order chi connectivity index (χ0) is 19.9. The normalized spacial score (nSPS) is 19.5. The van der Waals surface area contributed by atoms with E-state index in [0.717, 1.165) is 37.5 Å². The van der Waals surface area contributed by atoms with Gasteiger partial charge in [-0.15, -0.1) is 24.0 Å².